The fourth-order valence-electron chi connectivity index (χ4n) is 2.63. The first-order chi connectivity index (χ1) is 10.8. The van der Waals surface area contributed by atoms with E-state index in [-0.39, 0.29) is 17.1 Å². The summed E-state index contributed by atoms with van der Waals surface area (Å²) in [7, 11) is 3.38. The molecule has 1 fully saturated rings. The van der Waals surface area contributed by atoms with Crippen molar-refractivity contribution in [3.8, 4) is 0 Å². The maximum Gasteiger partial charge on any atom is 0.280 e. The first-order valence-corrected chi connectivity index (χ1v) is 6.92. The number of anilines is 2. The van der Waals surface area contributed by atoms with Gasteiger partial charge in [-0.25, -0.2) is 4.98 Å². The molecule has 2 aromatic heterocycles. The number of aromatic nitrogens is 4. The van der Waals surface area contributed by atoms with Gasteiger partial charge in [-0.2, -0.15) is 4.98 Å². The number of aliphatic hydroxyl groups is 3. The lowest BCUT2D eigenvalue weighted by molar-refractivity contribution is -0.0503. The van der Waals surface area contributed by atoms with Gasteiger partial charge in [-0.3, -0.25) is 14.3 Å². The van der Waals surface area contributed by atoms with Crippen molar-refractivity contribution < 1.29 is 20.1 Å². The lowest BCUT2D eigenvalue weighted by Gasteiger charge is -2.22. The Morgan fingerprint density at radius 2 is 2.04 bits per heavy atom. The third-order valence-electron chi connectivity index (χ3n) is 3.72. The van der Waals surface area contributed by atoms with Crippen molar-refractivity contribution in [3.63, 3.8) is 0 Å². The van der Waals surface area contributed by atoms with Gasteiger partial charge in [-0.05, 0) is 0 Å². The number of H-pyrrole nitrogens is 1. The number of nitrogens with one attached hydrogen (secondary N) is 1. The normalized spacial score (nSPS) is 27.7. The van der Waals surface area contributed by atoms with E-state index in [1.54, 1.807) is 19.0 Å². The van der Waals surface area contributed by atoms with Crippen molar-refractivity contribution >= 4 is 23.1 Å². The third-order valence-corrected chi connectivity index (χ3v) is 3.72. The Morgan fingerprint density at radius 3 is 2.61 bits per heavy atom. The van der Waals surface area contributed by atoms with Gasteiger partial charge in [0, 0.05) is 14.1 Å². The van der Waals surface area contributed by atoms with Gasteiger partial charge < -0.3 is 30.7 Å². The van der Waals surface area contributed by atoms with Gasteiger partial charge in [0.15, 0.2) is 17.4 Å². The van der Waals surface area contributed by atoms with Crippen LogP contribution in [0.25, 0.3) is 11.2 Å². The second-order valence-electron chi connectivity index (χ2n) is 5.53. The molecule has 3 unspecified atom stereocenters. The quantitative estimate of drug-likeness (QED) is 0.406. The molecule has 0 saturated carbocycles. The van der Waals surface area contributed by atoms with E-state index in [1.165, 1.54) is 4.57 Å². The molecule has 23 heavy (non-hydrogen) atoms. The predicted molar refractivity (Wildman–Crippen MR) is 79.9 cm³/mol. The minimum Gasteiger partial charge on any atom is -0.394 e. The summed E-state index contributed by atoms with van der Waals surface area (Å²) < 4.78 is 6.89. The van der Waals surface area contributed by atoms with E-state index in [0.717, 1.165) is 0 Å². The third kappa shape index (κ3) is 2.34. The molecule has 0 radical (unpaired) electrons. The van der Waals surface area contributed by atoms with Crippen LogP contribution in [0.15, 0.2) is 4.79 Å². The van der Waals surface area contributed by atoms with Crippen molar-refractivity contribution in [2.75, 3.05) is 31.3 Å². The fraction of sp³-hybridized carbons (Fsp3) is 0.583. The van der Waals surface area contributed by atoms with Gasteiger partial charge >= 0.3 is 0 Å². The largest absolute Gasteiger partial charge is 0.394 e. The van der Waals surface area contributed by atoms with Gasteiger partial charge in [0.25, 0.3) is 5.56 Å². The Bertz CT molecular complexity index is 786. The molecule has 3 heterocycles. The second kappa shape index (κ2) is 5.45. The molecule has 0 amide bonds. The number of nitrogens with two attached hydrogens (primary N) is 1. The molecule has 126 valence electrons. The number of ether oxygens (including phenoxy) is 1. The number of nitrogen functional groups attached to an aromatic ring is 1. The molecular weight excluding hydrogens is 308 g/mol. The maximum absolute atomic E-state index is 12.0. The molecule has 6 N–H and O–H groups in total. The molecule has 0 spiro atoms. The average Bonchev–Trinajstić information content (AvgIpc) is 2.99. The molecule has 0 aliphatic carbocycles. The van der Waals surface area contributed by atoms with Gasteiger partial charge in [0.05, 0.1) is 6.61 Å². The number of aromatic amines is 1. The number of hydrogen-bond acceptors (Lipinski definition) is 9. The van der Waals surface area contributed by atoms with Crippen molar-refractivity contribution in [3.05, 3.63) is 10.4 Å². The summed E-state index contributed by atoms with van der Waals surface area (Å²) in [6, 6.07) is 0. The maximum atomic E-state index is 12.0. The Labute approximate surface area is 129 Å². The average molecular weight is 326 g/mol. The summed E-state index contributed by atoms with van der Waals surface area (Å²) in [6.45, 7) is -0.463. The topological polar surface area (TPSA) is 163 Å². The molecule has 11 heteroatoms. The van der Waals surface area contributed by atoms with Crippen LogP contribution < -0.4 is 16.2 Å². The van der Waals surface area contributed by atoms with E-state index in [4.69, 9.17) is 10.5 Å². The molecule has 1 saturated heterocycles. The highest BCUT2D eigenvalue weighted by Gasteiger charge is 2.45. The van der Waals surface area contributed by atoms with Crippen LogP contribution in [-0.2, 0) is 4.74 Å². The lowest BCUT2D eigenvalue weighted by Crippen LogP contribution is -2.33. The zero-order chi connectivity index (χ0) is 16.9. The first kappa shape index (κ1) is 15.7. The van der Waals surface area contributed by atoms with E-state index in [0.29, 0.717) is 5.95 Å². The van der Waals surface area contributed by atoms with Crippen LogP contribution in [0, 0.1) is 0 Å². The number of imidazole rings is 1. The molecule has 1 aliphatic heterocycles. The van der Waals surface area contributed by atoms with Gasteiger partial charge in [-0.1, -0.05) is 0 Å². The predicted octanol–water partition coefficient (Wildman–Crippen LogP) is -2.62. The van der Waals surface area contributed by atoms with Crippen LogP contribution in [0.1, 0.15) is 6.23 Å². The molecule has 0 aromatic carbocycles. The van der Waals surface area contributed by atoms with E-state index in [2.05, 4.69) is 15.0 Å². The van der Waals surface area contributed by atoms with Crippen LogP contribution in [0.3, 0.4) is 0 Å². The summed E-state index contributed by atoms with van der Waals surface area (Å²) in [4.78, 5) is 24.2. The van der Waals surface area contributed by atoms with E-state index in [9.17, 15) is 20.1 Å². The summed E-state index contributed by atoms with van der Waals surface area (Å²) in [5.41, 5.74) is 5.20. The highest BCUT2D eigenvalue weighted by atomic mass is 16.6. The Hall–Kier alpha value is -2.21. The summed E-state index contributed by atoms with van der Waals surface area (Å²) in [5, 5.41) is 29.4. The first-order valence-electron chi connectivity index (χ1n) is 6.92. The molecule has 11 nitrogen and oxygen atoms in total. The van der Waals surface area contributed by atoms with Crippen LogP contribution >= 0.6 is 0 Å². The highest BCUT2D eigenvalue weighted by Crippen LogP contribution is 2.34. The Kier molecular flexibility index (Phi) is 3.72. The summed E-state index contributed by atoms with van der Waals surface area (Å²) in [6.07, 6.45) is -4.64. The van der Waals surface area contributed by atoms with Crippen LogP contribution in [0.4, 0.5) is 11.9 Å². The Balaban J connectivity index is 2.23. The molecule has 0 bridgehead atoms. The fourth-order valence-corrected chi connectivity index (χ4v) is 2.63. The number of fused-ring (bicyclic) bond motifs is 1. The molecule has 1 aliphatic rings. The minimum absolute atomic E-state index is 0.0284. The minimum atomic E-state index is -1.33. The SMILES string of the molecule is CN(C)c1nc2c(=O)[nH]c(N)nc2n1[C@@H]1OC(CO)C(O)C1O. The number of rotatable bonds is 3. The smallest absolute Gasteiger partial charge is 0.280 e. The summed E-state index contributed by atoms with van der Waals surface area (Å²) in [5.74, 6) is 0.180. The number of nitrogens with zero attached hydrogens (tertiary/aromatic N) is 4. The van der Waals surface area contributed by atoms with Crippen molar-refractivity contribution in [2.24, 2.45) is 0 Å². The molecule has 4 atom stereocenters. The van der Waals surface area contributed by atoms with Gasteiger partial charge in [-0.15, -0.1) is 0 Å². The Morgan fingerprint density at radius 1 is 1.35 bits per heavy atom. The molecule has 3 rings (SSSR count). The zero-order valence-electron chi connectivity index (χ0n) is 12.5. The van der Waals surface area contributed by atoms with Gasteiger partial charge in [0.2, 0.25) is 11.9 Å². The van der Waals surface area contributed by atoms with Crippen molar-refractivity contribution in [1.29, 1.82) is 0 Å². The standard InChI is InChI=1S/C12H18N6O5/c1-17(2)12-14-5-8(15-11(13)16-9(5)22)18(12)10-7(21)6(20)4(3-19)23-10/h4,6-7,10,19-21H,3H2,1-2H3,(H3,13,15,16,22)/t4?,6?,7?,10-/m1/s1. The van der Waals surface area contributed by atoms with E-state index in [1.807, 2.05) is 0 Å². The monoisotopic (exact) mass is 326 g/mol. The van der Waals surface area contributed by atoms with E-state index < -0.39 is 36.7 Å². The van der Waals surface area contributed by atoms with Crippen LogP contribution in [-0.4, -0.2) is 73.9 Å². The summed E-state index contributed by atoms with van der Waals surface area (Å²) >= 11 is 0. The highest BCUT2D eigenvalue weighted by molar-refractivity contribution is 5.75. The molecular formula is C12H18N6O5. The van der Waals surface area contributed by atoms with Gasteiger partial charge in [0.1, 0.15) is 18.3 Å². The molecule has 2 aromatic rings. The number of hydrogen-bond donors (Lipinski definition) is 5. The second-order valence-corrected chi connectivity index (χ2v) is 5.53. The zero-order valence-corrected chi connectivity index (χ0v) is 12.5. The lowest BCUT2D eigenvalue weighted by atomic mass is 10.1. The van der Waals surface area contributed by atoms with E-state index >= 15 is 0 Å². The van der Waals surface area contributed by atoms with Crippen LogP contribution in [0.5, 0.6) is 0 Å². The number of aliphatic hydroxyl groups excluding tert-OH is 3. The van der Waals surface area contributed by atoms with Crippen molar-refractivity contribution in [2.45, 2.75) is 24.5 Å². The van der Waals surface area contributed by atoms with Crippen molar-refractivity contribution in [1.82, 2.24) is 19.5 Å². The van der Waals surface area contributed by atoms with Crippen LogP contribution in [0.2, 0.25) is 0 Å².